The number of hydrogen-bond donors (Lipinski definition) is 3. The van der Waals surface area contributed by atoms with Gasteiger partial charge >= 0.3 is 5.97 Å². The van der Waals surface area contributed by atoms with Gasteiger partial charge in [-0.3, -0.25) is 29.6 Å². The summed E-state index contributed by atoms with van der Waals surface area (Å²) in [5.74, 6) is -0.970. The number of imide groups is 1. The summed E-state index contributed by atoms with van der Waals surface area (Å²) in [5.41, 5.74) is 2.43. The molecule has 1 unspecified atom stereocenters. The highest BCUT2D eigenvalue weighted by atomic mass is 16.7. The van der Waals surface area contributed by atoms with Gasteiger partial charge in [0.1, 0.15) is 0 Å². The lowest BCUT2D eigenvalue weighted by atomic mass is 9.92. The number of carbonyl (C=O) groups excluding carboxylic acids is 2. The van der Waals surface area contributed by atoms with E-state index in [0.29, 0.717) is 5.92 Å². The standard InChI is InChI=1S/C17H25N3O5/c21-14-11-17(16(24)20(14)9-1-2-15(22)23)10-13(19-25-17)4-3-12-5-7-18-8-6-12/h10,12,18-19H,1-9,11H2,(H,22,23). The smallest absolute Gasteiger partial charge is 0.303 e. The van der Waals surface area contributed by atoms with Gasteiger partial charge in [0.15, 0.2) is 0 Å². The van der Waals surface area contributed by atoms with E-state index in [1.165, 1.54) is 0 Å². The lowest BCUT2D eigenvalue weighted by Gasteiger charge is -2.22. The van der Waals surface area contributed by atoms with E-state index in [9.17, 15) is 14.4 Å². The molecule has 0 aromatic carbocycles. The molecule has 3 aliphatic heterocycles. The molecule has 0 radical (unpaired) electrons. The molecule has 25 heavy (non-hydrogen) atoms. The second kappa shape index (κ2) is 7.53. The highest BCUT2D eigenvalue weighted by Gasteiger charge is 2.54. The number of likely N-dealkylation sites (tertiary alicyclic amines) is 1. The van der Waals surface area contributed by atoms with E-state index < -0.39 is 17.5 Å². The van der Waals surface area contributed by atoms with Crippen molar-refractivity contribution in [3.8, 4) is 0 Å². The molecule has 8 nitrogen and oxygen atoms in total. The van der Waals surface area contributed by atoms with E-state index >= 15 is 0 Å². The number of allylic oxidation sites excluding steroid dienone is 1. The summed E-state index contributed by atoms with van der Waals surface area (Å²) in [6.45, 7) is 2.22. The van der Waals surface area contributed by atoms with Gasteiger partial charge in [-0.1, -0.05) is 0 Å². The Morgan fingerprint density at radius 2 is 2.12 bits per heavy atom. The Morgan fingerprint density at radius 1 is 1.36 bits per heavy atom. The van der Waals surface area contributed by atoms with Crippen molar-refractivity contribution in [2.24, 2.45) is 5.92 Å². The van der Waals surface area contributed by atoms with Crippen LogP contribution < -0.4 is 10.8 Å². The lowest BCUT2D eigenvalue weighted by molar-refractivity contribution is -0.149. The number of nitrogens with zero attached hydrogens (tertiary/aromatic N) is 1. The Kier molecular flexibility index (Phi) is 5.39. The van der Waals surface area contributed by atoms with Gasteiger partial charge in [0.2, 0.25) is 11.5 Å². The van der Waals surface area contributed by atoms with Crippen LogP contribution >= 0.6 is 0 Å². The van der Waals surface area contributed by atoms with Gasteiger partial charge in [0, 0.05) is 18.7 Å². The molecule has 0 aromatic heterocycles. The number of carboxylic acids is 1. The molecule has 3 N–H and O–H groups in total. The van der Waals surface area contributed by atoms with Gasteiger partial charge in [0.05, 0.1) is 6.42 Å². The SMILES string of the molecule is O=C(O)CCCN1C(=O)CC2(C=C(CCC3CCNCC3)NO2)C1=O. The zero-order chi connectivity index (χ0) is 17.9. The number of hydroxylamine groups is 1. The van der Waals surface area contributed by atoms with Crippen LogP contribution in [0.1, 0.15) is 44.9 Å². The second-order valence-electron chi connectivity index (χ2n) is 7.02. The Hall–Kier alpha value is -1.93. The molecule has 0 bridgehead atoms. The molecule has 2 fully saturated rings. The van der Waals surface area contributed by atoms with E-state index in [1.807, 2.05) is 0 Å². The van der Waals surface area contributed by atoms with E-state index in [1.54, 1.807) is 6.08 Å². The summed E-state index contributed by atoms with van der Waals surface area (Å²) >= 11 is 0. The molecule has 0 saturated carbocycles. The Morgan fingerprint density at radius 3 is 2.84 bits per heavy atom. The summed E-state index contributed by atoms with van der Waals surface area (Å²) < 4.78 is 0. The summed E-state index contributed by atoms with van der Waals surface area (Å²) in [5, 5.41) is 12.0. The monoisotopic (exact) mass is 351 g/mol. The molecule has 3 heterocycles. The van der Waals surface area contributed by atoms with Gasteiger partial charge in [-0.25, -0.2) is 0 Å². The summed E-state index contributed by atoms with van der Waals surface area (Å²) in [7, 11) is 0. The fraction of sp³-hybridized carbons (Fsp3) is 0.706. The lowest BCUT2D eigenvalue weighted by Crippen LogP contribution is -2.41. The van der Waals surface area contributed by atoms with Crippen LogP contribution in [0.15, 0.2) is 11.8 Å². The van der Waals surface area contributed by atoms with E-state index in [4.69, 9.17) is 9.94 Å². The van der Waals surface area contributed by atoms with Crippen LogP contribution in [0, 0.1) is 5.92 Å². The predicted molar refractivity (Wildman–Crippen MR) is 88.1 cm³/mol. The van der Waals surface area contributed by atoms with Gasteiger partial charge in [-0.05, 0) is 57.2 Å². The fourth-order valence-corrected chi connectivity index (χ4v) is 3.69. The Labute approximate surface area is 146 Å². The first-order chi connectivity index (χ1) is 12.0. The average molecular weight is 351 g/mol. The van der Waals surface area contributed by atoms with Crippen molar-refractivity contribution >= 4 is 17.8 Å². The van der Waals surface area contributed by atoms with Crippen LogP contribution in [0.3, 0.4) is 0 Å². The van der Waals surface area contributed by atoms with E-state index in [-0.39, 0.29) is 31.7 Å². The average Bonchev–Trinajstić information content (AvgIpc) is 3.10. The number of carbonyl (C=O) groups is 3. The maximum absolute atomic E-state index is 12.6. The minimum Gasteiger partial charge on any atom is -0.481 e. The van der Waals surface area contributed by atoms with Crippen molar-refractivity contribution in [1.29, 1.82) is 0 Å². The number of carboxylic acid groups (broad SMARTS) is 1. The third kappa shape index (κ3) is 4.01. The summed E-state index contributed by atoms with van der Waals surface area (Å²) in [6.07, 6.45) is 6.05. The quantitative estimate of drug-likeness (QED) is 0.575. The number of piperidine rings is 1. The van der Waals surface area contributed by atoms with Crippen molar-refractivity contribution in [2.45, 2.75) is 50.5 Å². The van der Waals surface area contributed by atoms with Gasteiger partial charge in [-0.15, -0.1) is 0 Å². The van der Waals surface area contributed by atoms with Crippen molar-refractivity contribution in [2.75, 3.05) is 19.6 Å². The molecule has 1 atom stereocenters. The predicted octanol–water partition coefficient (Wildman–Crippen LogP) is 0.547. The third-order valence-corrected chi connectivity index (χ3v) is 5.15. The topological polar surface area (TPSA) is 108 Å². The highest BCUT2D eigenvalue weighted by molar-refractivity contribution is 6.09. The number of amides is 2. The minimum absolute atomic E-state index is 0.0250. The van der Waals surface area contributed by atoms with E-state index in [0.717, 1.165) is 49.4 Å². The fourth-order valence-electron chi connectivity index (χ4n) is 3.69. The number of hydrogen-bond acceptors (Lipinski definition) is 6. The molecule has 3 rings (SSSR count). The van der Waals surface area contributed by atoms with Crippen LogP contribution in [-0.4, -0.2) is 53.0 Å². The van der Waals surface area contributed by atoms with Gasteiger partial charge in [-0.2, -0.15) is 0 Å². The highest BCUT2D eigenvalue weighted by Crippen LogP contribution is 2.35. The normalized spacial score (nSPS) is 27.0. The first kappa shape index (κ1) is 17.9. The molecular formula is C17H25N3O5. The van der Waals surface area contributed by atoms with E-state index in [2.05, 4.69) is 10.8 Å². The first-order valence-electron chi connectivity index (χ1n) is 8.93. The van der Waals surface area contributed by atoms with Crippen molar-refractivity contribution in [1.82, 2.24) is 15.7 Å². The third-order valence-electron chi connectivity index (χ3n) is 5.15. The van der Waals surface area contributed by atoms with Crippen LogP contribution in [0.2, 0.25) is 0 Å². The maximum atomic E-state index is 12.6. The molecular weight excluding hydrogens is 326 g/mol. The van der Waals surface area contributed by atoms with Crippen LogP contribution in [0.5, 0.6) is 0 Å². The maximum Gasteiger partial charge on any atom is 0.303 e. The van der Waals surface area contributed by atoms with Crippen molar-refractivity contribution < 1.29 is 24.3 Å². The van der Waals surface area contributed by atoms with Crippen LogP contribution in [0.25, 0.3) is 0 Å². The Bertz CT molecular complexity index is 585. The van der Waals surface area contributed by atoms with Crippen molar-refractivity contribution in [3.05, 3.63) is 11.8 Å². The number of nitrogens with one attached hydrogen (secondary N) is 2. The van der Waals surface area contributed by atoms with Gasteiger partial charge in [0.25, 0.3) is 5.91 Å². The Balaban J connectivity index is 1.56. The zero-order valence-electron chi connectivity index (χ0n) is 14.3. The molecule has 0 aliphatic carbocycles. The molecule has 0 aromatic rings. The van der Waals surface area contributed by atoms with Gasteiger partial charge < -0.3 is 10.4 Å². The first-order valence-corrected chi connectivity index (χ1v) is 8.93. The second-order valence-corrected chi connectivity index (χ2v) is 7.02. The summed E-state index contributed by atoms with van der Waals surface area (Å²) in [6, 6.07) is 0. The molecule has 138 valence electrons. The molecule has 2 saturated heterocycles. The molecule has 2 amide bonds. The minimum atomic E-state index is -1.25. The van der Waals surface area contributed by atoms with Crippen LogP contribution in [0.4, 0.5) is 0 Å². The van der Waals surface area contributed by atoms with Crippen LogP contribution in [-0.2, 0) is 19.2 Å². The molecule has 3 aliphatic rings. The number of aliphatic carboxylic acids is 1. The molecule has 1 spiro atoms. The number of rotatable bonds is 7. The largest absolute Gasteiger partial charge is 0.481 e. The molecule has 8 heteroatoms. The zero-order valence-corrected chi connectivity index (χ0v) is 14.3. The summed E-state index contributed by atoms with van der Waals surface area (Å²) in [4.78, 5) is 42.0. The van der Waals surface area contributed by atoms with Crippen molar-refractivity contribution in [3.63, 3.8) is 0 Å².